The summed E-state index contributed by atoms with van der Waals surface area (Å²) in [4.78, 5) is 21.7. The number of hydrogen-bond acceptors (Lipinski definition) is 6. The number of carbonyl (C=O) groups excluding carboxylic acids is 1. The number of benzene rings is 1. The van der Waals surface area contributed by atoms with Crippen LogP contribution in [0, 0.1) is 0 Å². The molecule has 0 fully saturated rings. The van der Waals surface area contributed by atoms with Crippen LogP contribution in [0.15, 0.2) is 40.0 Å². The molecular formula is C17H20N4O3. The van der Waals surface area contributed by atoms with E-state index >= 15 is 0 Å². The first kappa shape index (κ1) is 16.2. The number of nitrogens with one attached hydrogen (secondary N) is 1. The van der Waals surface area contributed by atoms with E-state index in [4.69, 9.17) is 9.36 Å². The maximum Gasteiger partial charge on any atom is 0.267 e. The minimum Gasteiger partial charge on any atom is -0.379 e. The van der Waals surface area contributed by atoms with Crippen molar-refractivity contribution in [3.8, 4) is 0 Å². The Hall–Kier alpha value is -2.70. The van der Waals surface area contributed by atoms with Gasteiger partial charge in [0.25, 0.3) is 5.91 Å². The summed E-state index contributed by atoms with van der Waals surface area (Å²) in [5, 5.41) is 10.6. The van der Waals surface area contributed by atoms with Gasteiger partial charge >= 0.3 is 0 Å². The second-order valence-electron chi connectivity index (χ2n) is 6.10. The predicted molar refractivity (Wildman–Crippen MR) is 87.5 cm³/mol. The molecule has 3 rings (SSSR count). The van der Waals surface area contributed by atoms with Gasteiger partial charge in [-0.25, -0.2) is 0 Å². The van der Waals surface area contributed by atoms with Crippen LogP contribution in [0.4, 0.5) is 0 Å². The predicted octanol–water partition coefficient (Wildman–Crippen LogP) is 1.87. The largest absolute Gasteiger partial charge is 0.379 e. The summed E-state index contributed by atoms with van der Waals surface area (Å²) in [6, 6.07) is 9.95. The minimum absolute atomic E-state index is 0.188. The third-order valence-corrected chi connectivity index (χ3v) is 3.82. The average molecular weight is 328 g/mol. The second-order valence-corrected chi connectivity index (χ2v) is 6.10. The number of carbonyl (C=O) groups is 1. The smallest absolute Gasteiger partial charge is 0.267 e. The first-order valence-electron chi connectivity index (χ1n) is 7.90. The highest BCUT2D eigenvalue weighted by atomic mass is 16.7. The van der Waals surface area contributed by atoms with E-state index in [2.05, 4.69) is 20.6 Å². The van der Waals surface area contributed by atoms with E-state index in [1.54, 1.807) is 6.92 Å². The van der Waals surface area contributed by atoms with Crippen LogP contribution in [0.5, 0.6) is 0 Å². The monoisotopic (exact) mass is 328 g/mol. The Morgan fingerprint density at radius 2 is 2.12 bits per heavy atom. The topological polar surface area (TPSA) is 89.6 Å². The van der Waals surface area contributed by atoms with Gasteiger partial charge in [0, 0.05) is 25.8 Å². The first-order chi connectivity index (χ1) is 11.5. The zero-order valence-corrected chi connectivity index (χ0v) is 13.8. The fourth-order valence-electron chi connectivity index (χ4n) is 2.57. The molecule has 126 valence electrons. The zero-order valence-electron chi connectivity index (χ0n) is 13.8. The van der Waals surface area contributed by atoms with Gasteiger partial charge in [0.05, 0.1) is 5.71 Å². The van der Waals surface area contributed by atoms with Crippen LogP contribution < -0.4 is 5.32 Å². The summed E-state index contributed by atoms with van der Waals surface area (Å²) >= 11 is 0. The third kappa shape index (κ3) is 3.79. The molecule has 2 aromatic rings. The van der Waals surface area contributed by atoms with Crippen LogP contribution in [0.25, 0.3) is 0 Å². The molecule has 2 heterocycles. The van der Waals surface area contributed by atoms with Gasteiger partial charge in [-0.2, -0.15) is 4.98 Å². The van der Waals surface area contributed by atoms with Gasteiger partial charge in [-0.15, -0.1) is 0 Å². The fourth-order valence-corrected chi connectivity index (χ4v) is 2.57. The van der Waals surface area contributed by atoms with Crippen molar-refractivity contribution in [2.24, 2.45) is 5.16 Å². The lowest BCUT2D eigenvalue weighted by Gasteiger charge is -2.19. The highest BCUT2D eigenvalue weighted by Crippen LogP contribution is 2.23. The van der Waals surface area contributed by atoms with E-state index in [0.29, 0.717) is 37.5 Å². The van der Waals surface area contributed by atoms with E-state index in [1.807, 2.05) is 37.3 Å². The first-order valence-corrected chi connectivity index (χ1v) is 7.90. The molecule has 1 aromatic heterocycles. The molecule has 7 nitrogen and oxygen atoms in total. The van der Waals surface area contributed by atoms with E-state index in [-0.39, 0.29) is 5.91 Å². The Balaban J connectivity index is 1.47. The molecule has 0 bridgehead atoms. The molecule has 0 radical (unpaired) electrons. The third-order valence-electron chi connectivity index (χ3n) is 3.82. The Morgan fingerprint density at radius 3 is 2.83 bits per heavy atom. The molecule has 0 unspecified atom stereocenters. The Bertz CT molecular complexity index is 741. The SMILES string of the molecule is CC1=NO[C@@](C)(C(=O)NCCc2nc(Cc3ccccc3)no2)C1. The van der Waals surface area contributed by atoms with Gasteiger partial charge in [-0.1, -0.05) is 40.6 Å². The van der Waals surface area contributed by atoms with Crippen LogP contribution in [-0.4, -0.2) is 33.9 Å². The van der Waals surface area contributed by atoms with Crippen molar-refractivity contribution >= 4 is 11.6 Å². The van der Waals surface area contributed by atoms with E-state index < -0.39 is 5.60 Å². The summed E-state index contributed by atoms with van der Waals surface area (Å²) in [5.74, 6) is 0.955. The zero-order chi connectivity index (χ0) is 17.0. The van der Waals surface area contributed by atoms with Crippen molar-refractivity contribution in [1.82, 2.24) is 15.5 Å². The van der Waals surface area contributed by atoms with Crippen molar-refractivity contribution in [3.05, 3.63) is 47.6 Å². The number of aromatic nitrogens is 2. The van der Waals surface area contributed by atoms with Gasteiger partial charge < -0.3 is 14.7 Å². The normalized spacial score (nSPS) is 19.7. The fraction of sp³-hybridized carbons (Fsp3) is 0.412. The summed E-state index contributed by atoms with van der Waals surface area (Å²) < 4.78 is 5.22. The number of nitrogens with zero attached hydrogens (tertiary/aromatic N) is 3. The summed E-state index contributed by atoms with van der Waals surface area (Å²) in [6.07, 6.45) is 1.60. The molecule has 0 saturated heterocycles. The molecule has 1 aliphatic rings. The Kier molecular flexibility index (Phi) is 4.59. The highest BCUT2D eigenvalue weighted by molar-refractivity contribution is 5.94. The van der Waals surface area contributed by atoms with Gasteiger partial charge in [0.15, 0.2) is 5.82 Å². The van der Waals surface area contributed by atoms with E-state index in [0.717, 1.165) is 11.3 Å². The lowest BCUT2D eigenvalue weighted by molar-refractivity contribution is -0.141. The highest BCUT2D eigenvalue weighted by Gasteiger charge is 2.40. The number of oxime groups is 1. The standard InChI is InChI=1S/C17H20N4O3/c1-12-11-17(2,24-20-12)16(22)18-9-8-15-19-14(21-23-15)10-13-6-4-3-5-7-13/h3-7H,8-11H2,1-2H3,(H,18,22)/t17-/m1/s1. The van der Waals surface area contributed by atoms with Crippen LogP contribution in [0.2, 0.25) is 0 Å². The second kappa shape index (κ2) is 6.82. The minimum atomic E-state index is -0.919. The summed E-state index contributed by atoms with van der Waals surface area (Å²) in [6.45, 7) is 3.97. The van der Waals surface area contributed by atoms with Crippen molar-refractivity contribution in [2.75, 3.05) is 6.54 Å². The quantitative estimate of drug-likeness (QED) is 0.874. The molecule has 24 heavy (non-hydrogen) atoms. The maximum absolute atomic E-state index is 12.2. The molecule has 1 N–H and O–H groups in total. The lowest BCUT2D eigenvalue weighted by atomic mass is 9.99. The van der Waals surface area contributed by atoms with Crippen LogP contribution in [-0.2, 0) is 22.5 Å². The van der Waals surface area contributed by atoms with E-state index in [9.17, 15) is 4.79 Å². The Labute approximate surface area is 140 Å². The number of rotatable bonds is 6. The van der Waals surface area contributed by atoms with E-state index in [1.165, 1.54) is 0 Å². The molecule has 1 aromatic carbocycles. The van der Waals surface area contributed by atoms with Crippen molar-refractivity contribution in [1.29, 1.82) is 0 Å². The number of amides is 1. The molecule has 1 atom stereocenters. The number of hydrogen-bond donors (Lipinski definition) is 1. The molecule has 7 heteroatoms. The molecule has 1 amide bonds. The van der Waals surface area contributed by atoms with Crippen molar-refractivity contribution < 1.29 is 14.2 Å². The molecule has 0 saturated carbocycles. The van der Waals surface area contributed by atoms with Crippen LogP contribution in [0.3, 0.4) is 0 Å². The summed E-state index contributed by atoms with van der Waals surface area (Å²) in [7, 11) is 0. The average Bonchev–Trinajstić information content (AvgIpc) is 3.15. The van der Waals surface area contributed by atoms with Crippen LogP contribution >= 0.6 is 0 Å². The lowest BCUT2D eigenvalue weighted by Crippen LogP contribution is -2.45. The van der Waals surface area contributed by atoms with Crippen molar-refractivity contribution in [3.63, 3.8) is 0 Å². The Morgan fingerprint density at radius 1 is 1.33 bits per heavy atom. The molecule has 1 aliphatic heterocycles. The molecule has 0 aliphatic carbocycles. The summed E-state index contributed by atoms with van der Waals surface area (Å²) in [5.41, 5.74) is 1.02. The molecular weight excluding hydrogens is 308 g/mol. The van der Waals surface area contributed by atoms with Gasteiger partial charge in [0.1, 0.15) is 0 Å². The van der Waals surface area contributed by atoms with Crippen LogP contribution in [0.1, 0.15) is 37.5 Å². The maximum atomic E-state index is 12.2. The van der Waals surface area contributed by atoms with Crippen molar-refractivity contribution in [2.45, 2.75) is 38.7 Å². The van der Waals surface area contributed by atoms with Gasteiger partial charge in [0.2, 0.25) is 11.5 Å². The molecule has 0 spiro atoms. The van der Waals surface area contributed by atoms with Gasteiger partial charge in [-0.05, 0) is 19.4 Å². The van der Waals surface area contributed by atoms with Gasteiger partial charge in [-0.3, -0.25) is 4.79 Å².